The van der Waals surface area contributed by atoms with E-state index in [-0.39, 0.29) is 11.1 Å². The van der Waals surface area contributed by atoms with Crippen molar-refractivity contribution in [2.24, 2.45) is 5.41 Å². The van der Waals surface area contributed by atoms with Crippen LogP contribution in [0.2, 0.25) is 0 Å². The fourth-order valence-corrected chi connectivity index (χ4v) is 3.69. The van der Waals surface area contributed by atoms with Gasteiger partial charge in [0.25, 0.3) is 5.91 Å². The zero-order valence-electron chi connectivity index (χ0n) is 22.3. The first-order valence-corrected chi connectivity index (χ1v) is 11.9. The number of allylic oxidation sites excluding steroid dienone is 1. The lowest BCUT2D eigenvalue weighted by molar-refractivity contribution is -0.139. The van der Waals surface area contributed by atoms with Crippen LogP contribution in [0.4, 0.5) is 26.3 Å². The van der Waals surface area contributed by atoms with Crippen molar-refractivity contribution in [3.63, 3.8) is 0 Å². The number of rotatable bonds is 6. The Hall–Kier alpha value is -3.30. The third-order valence-corrected chi connectivity index (χ3v) is 6.11. The molecule has 2 amide bonds. The Kier molecular flexibility index (Phi) is 9.12. The Morgan fingerprint density at radius 3 is 1.89 bits per heavy atom. The molecule has 0 fully saturated rings. The van der Waals surface area contributed by atoms with E-state index in [2.05, 4.69) is 10.6 Å². The summed E-state index contributed by atoms with van der Waals surface area (Å²) >= 11 is 0. The van der Waals surface area contributed by atoms with E-state index in [1.807, 2.05) is 0 Å². The van der Waals surface area contributed by atoms with Crippen LogP contribution >= 0.6 is 0 Å². The second-order valence-corrected chi connectivity index (χ2v) is 10.4. The monoisotopic (exact) mass is 542 g/mol. The summed E-state index contributed by atoms with van der Waals surface area (Å²) in [5, 5.41) is 4.79. The highest BCUT2D eigenvalue weighted by molar-refractivity contribution is 5.96. The van der Waals surface area contributed by atoms with Gasteiger partial charge in [-0.1, -0.05) is 51.1 Å². The Morgan fingerprint density at radius 1 is 0.868 bits per heavy atom. The van der Waals surface area contributed by atoms with Crippen LogP contribution in [-0.2, 0) is 11.0 Å². The number of halogens is 6. The van der Waals surface area contributed by atoms with E-state index in [0.717, 1.165) is 29.8 Å². The van der Waals surface area contributed by atoms with Crippen molar-refractivity contribution >= 4 is 17.9 Å². The molecule has 2 N–H and O–H groups in total. The average Bonchev–Trinajstić information content (AvgIpc) is 2.75. The maximum atomic E-state index is 13.9. The largest absolute Gasteiger partial charge is 0.417 e. The van der Waals surface area contributed by atoms with Gasteiger partial charge in [0.1, 0.15) is 0 Å². The molecule has 1 unspecified atom stereocenters. The van der Waals surface area contributed by atoms with Gasteiger partial charge >= 0.3 is 12.4 Å². The van der Waals surface area contributed by atoms with Crippen molar-refractivity contribution in [3.05, 3.63) is 75.4 Å². The van der Waals surface area contributed by atoms with Gasteiger partial charge in [0, 0.05) is 5.41 Å². The number of hydrogen-bond acceptors (Lipinski definition) is 2. The fraction of sp³-hybridized carbons (Fsp3) is 0.429. The fourth-order valence-electron chi connectivity index (χ4n) is 3.69. The molecule has 0 aliphatic carbocycles. The van der Waals surface area contributed by atoms with Gasteiger partial charge in [0.15, 0.2) is 0 Å². The van der Waals surface area contributed by atoms with Crippen LogP contribution in [0.15, 0.2) is 36.4 Å². The Morgan fingerprint density at radius 2 is 1.42 bits per heavy atom. The lowest BCUT2D eigenvalue weighted by Gasteiger charge is -2.23. The minimum atomic E-state index is -4.96. The van der Waals surface area contributed by atoms with Gasteiger partial charge in [0.2, 0.25) is 5.91 Å². The van der Waals surface area contributed by atoms with E-state index in [1.54, 1.807) is 41.5 Å². The molecule has 2 rings (SSSR count). The zero-order chi connectivity index (χ0) is 29.2. The SMILES string of the molecule is Cc1cc(C(/C=C/c2ccc(C(=O)N[C@H](C)NC(=O)C(C)(C)C)c(C(F)(F)F)c2)C(F)(F)F)cc(C)c1C. The summed E-state index contributed by atoms with van der Waals surface area (Å²) in [6.45, 7) is 11.5. The summed E-state index contributed by atoms with van der Waals surface area (Å²) < 4.78 is 83.1. The van der Waals surface area contributed by atoms with E-state index < -0.39 is 52.8 Å². The van der Waals surface area contributed by atoms with Crippen LogP contribution in [0.25, 0.3) is 6.08 Å². The molecule has 2 atom stereocenters. The van der Waals surface area contributed by atoms with Crippen LogP contribution in [0.3, 0.4) is 0 Å². The van der Waals surface area contributed by atoms with Gasteiger partial charge in [-0.2, -0.15) is 26.3 Å². The van der Waals surface area contributed by atoms with Crippen LogP contribution in [0, 0.1) is 26.2 Å². The second-order valence-electron chi connectivity index (χ2n) is 10.4. The van der Waals surface area contributed by atoms with Gasteiger partial charge in [0.05, 0.1) is 23.2 Å². The third-order valence-electron chi connectivity index (χ3n) is 6.11. The summed E-state index contributed by atoms with van der Waals surface area (Å²) in [5.74, 6) is -3.54. The van der Waals surface area contributed by atoms with E-state index in [9.17, 15) is 35.9 Å². The number of nitrogens with one attached hydrogen (secondary N) is 2. The molecule has 0 spiro atoms. The van der Waals surface area contributed by atoms with Crippen molar-refractivity contribution in [1.82, 2.24) is 10.6 Å². The number of benzene rings is 2. The van der Waals surface area contributed by atoms with E-state index in [4.69, 9.17) is 0 Å². The first-order chi connectivity index (χ1) is 17.2. The van der Waals surface area contributed by atoms with Crippen molar-refractivity contribution in [2.75, 3.05) is 0 Å². The molecule has 0 saturated heterocycles. The minimum Gasteiger partial charge on any atom is -0.336 e. The van der Waals surface area contributed by atoms with E-state index >= 15 is 0 Å². The molecule has 0 aliphatic rings. The molecule has 0 radical (unpaired) electrons. The number of amides is 2. The average molecular weight is 543 g/mol. The molecule has 0 bridgehead atoms. The third kappa shape index (κ3) is 7.85. The van der Waals surface area contributed by atoms with E-state index in [0.29, 0.717) is 17.2 Å². The summed E-state index contributed by atoms with van der Waals surface area (Å²) in [6, 6.07) is 5.50. The van der Waals surface area contributed by atoms with Crippen molar-refractivity contribution < 1.29 is 35.9 Å². The molecule has 0 saturated carbocycles. The molecule has 10 heteroatoms. The lowest BCUT2D eigenvalue weighted by atomic mass is 9.91. The highest BCUT2D eigenvalue weighted by Crippen LogP contribution is 2.38. The van der Waals surface area contributed by atoms with E-state index in [1.165, 1.54) is 19.1 Å². The lowest BCUT2D eigenvalue weighted by Crippen LogP contribution is -2.49. The highest BCUT2D eigenvalue weighted by atomic mass is 19.4. The summed E-state index contributed by atoms with van der Waals surface area (Å²) in [6.07, 6.45) is -8.83. The molecule has 38 heavy (non-hydrogen) atoms. The molecule has 2 aromatic rings. The molecular formula is C28H32F6N2O2. The van der Waals surface area contributed by atoms with Crippen molar-refractivity contribution in [1.29, 1.82) is 0 Å². The molecule has 0 heterocycles. The van der Waals surface area contributed by atoms with Gasteiger partial charge in [-0.3, -0.25) is 9.59 Å². The molecule has 4 nitrogen and oxygen atoms in total. The standard InChI is InChI=1S/C28H32F6N2O2/c1-15-12-20(13-16(2)17(15)3)22(27(29,30)31)11-9-19-8-10-21(23(14-19)28(32,33)34)24(37)35-18(4)36-25(38)26(5,6)7/h8-14,18,22H,1-7H3,(H,35,37)(H,36,38)/b11-9+/t18-,22?/m0/s1. The number of carbonyl (C=O) groups is 2. The van der Waals surface area contributed by atoms with Gasteiger partial charge in [-0.15, -0.1) is 0 Å². The smallest absolute Gasteiger partial charge is 0.336 e. The van der Waals surface area contributed by atoms with Crippen LogP contribution < -0.4 is 10.6 Å². The Balaban J connectivity index is 2.40. The summed E-state index contributed by atoms with van der Waals surface area (Å²) in [4.78, 5) is 24.7. The second kappa shape index (κ2) is 11.2. The number of alkyl halides is 6. The van der Waals surface area contributed by atoms with Crippen LogP contribution in [0.1, 0.15) is 77.4 Å². The Labute approximate surface area is 218 Å². The number of carbonyl (C=O) groups excluding carboxylic acids is 2. The van der Waals surface area contributed by atoms with Crippen LogP contribution in [0.5, 0.6) is 0 Å². The first kappa shape index (κ1) is 30.9. The maximum absolute atomic E-state index is 13.9. The quantitative estimate of drug-likeness (QED) is 0.299. The maximum Gasteiger partial charge on any atom is 0.417 e. The number of hydrogen-bond donors (Lipinski definition) is 2. The normalized spacial score (nSPS) is 14.3. The van der Waals surface area contributed by atoms with Gasteiger partial charge in [-0.05, 0) is 67.6 Å². The Bertz CT molecular complexity index is 1200. The minimum absolute atomic E-state index is 0.0207. The molecule has 0 aromatic heterocycles. The molecule has 208 valence electrons. The van der Waals surface area contributed by atoms with Crippen molar-refractivity contribution in [2.45, 2.75) is 72.9 Å². The topological polar surface area (TPSA) is 58.2 Å². The predicted octanol–water partition coefficient (Wildman–Crippen LogP) is 7.23. The molecule has 0 aliphatic heterocycles. The van der Waals surface area contributed by atoms with Crippen molar-refractivity contribution in [3.8, 4) is 0 Å². The van der Waals surface area contributed by atoms with Gasteiger partial charge < -0.3 is 10.6 Å². The zero-order valence-corrected chi connectivity index (χ0v) is 22.3. The molecular weight excluding hydrogens is 510 g/mol. The first-order valence-electron chi connectivity index (χ1n) is 11.9. The number of aryl methyl sites for hydroxylation is 2. The molecule has 2 aromatic carbocycles. The predicted molar refractivity (Wildman–Crippen MR) is 134 cm³/mol. The van der Waals surface area contributed by atoms with Crippen LogP contribution in [-0.4, -0.2) is 24.2 Å². The summed E-state index contributed by atoms with van der Waals surface area (Å²) in [5.41, 5.74) is -0.787. The summed E-state index contributed by atoms with van der Waals surface area (Å²) in [7, 11) is 0. The highest BCUT2D eigenvalue weighted by Gasteiger charge is 2.39. The van der Waals surface area contributed by atoms with Gasteiger partial charge in [-0.25, -0.2) is 0 Å².